The van der Waals surface area contributed by atoms with Gasteiger partial charge in [0.05, 0.1) is 6.61 Å². The van der Waals surface area contributed by atoms with Crippen molar-refractivity contribution in [2.75, 3.05) is 6.61 Å². The molecule has 6 atom stereocenters. The lowest BCUT2D eigenvalue weighted by molar-refractivity contribution is -0.200. The molecule has 0 aromatic carbocycles. The van der Waals surface area contributed by atoms with Crippen LogP contribution in [-0.4, -0.2) is 50.0 Å². The Morgan fingerprint density at radius 3 is 2.39 bits per heavy atom. The van der Waals surface area contributed by atoms with E-state index in [1.807, 2.05) is 0 Å². The smallest absolute Gasteiger partial charge is 0.346 e. The standard InChI is InChI=1S/C12H17N2O13P3S/c1-12(2)23-8-6(5-21-30(31)26-28(17,18)25-29(19,20)27-30)22-10(9(8)24-12)14-4-3-7(15)13-11(14)16/h3-4,6,8-10H,5H2,1-2H3,(H,17,18)(H,19,20)(H,13,15,16)/t6-,8-,9-,10-/m1/s1. The molecule has 0 amide bonds. The van der Waals surface area contributed by atoms with Crippen molar-refractivity contribution in [3.63, 3.8) is 0 Å². The predicted molar refractivity (Wildman–Crippen MR) is 102 cm³/mol. The van der Waals surface area contributed by atoms with Crippen molar-refractivity contribution in [1.82, 2.24) is 9.55 Å². The number of aromatic amines is 1. The maximum Gasteiger partial charge on any atom is 0.488 e. The van der Waals surface area contributed by atoms with Gasteiger partial charge in [-0.1, -0.05) is 0 Å². The Balaban J connectivity index is 1.57. The van der Waals surface area contributed by atoms with E-state index >= 15 is 0 Å². The Bertz CT molecular complexity index is 1120. The Labute approximate surface area is 178 Å². The monoisotopic (exact) mass is 522 g/mol. The van der Waals surface area contributed by atoms with Gasteiger partial charge < -0.3 is 28.5 Å². The van der Waals surface area contributed by atoms with E-state index in [1.165, 1.54) is 6.20 Å². The second-order valence-electron chi connectivity index (χ2n) is 7.07. The number of fused-ring (bicyclic) bond motifs is 1. The summed E-state index contributed by atoms with van der Waals surface area (Å²) in [5.41, 5.74) is -1.36. The predicted octanol–water partition coefficient (Wildman–Crippen LogP) is 0.459. The number of nitrogens with zero attached hydrogens (tertiary/aromatic N) is 1. The molecule has 1 aromatic rings. The first-order chi connectivity index (χ1) is 14.2. The average Bonchev–Trinajstić information content (AvgIpc) is 3.03. The summed E-state index contributed by atoms with van der Waals surface area (Å²) in [7, 11) is -10.00. The van der Waals surface area contributed by atoms with Crippen LogP contribution in [0.4, 0.5) is 0 Å². The molecule has 0 bridgehead atoms. The molecule has 0 aliphatic carbocycles. The van der Waals surface area contributed by atoms with Crippen LogP contribution in [0.1, 0.15) is 20.1 Å². The SMILES string of the molecule is CC1(C)O[C@@H]2[C@H](O1)[C@@H](COP1(=S)OP(=O)(O)OP(=O)(O)O1)O[C@H]2n1ccc(=O)[nH]c1=O. The zero-order chi connectivity index (χ0) is 22.8. The highest BCUT2D eigenvalue weighted by Crippen LogP contribution is 2.80. The van der Waals surface area contributed by atoms with E-state index in [-0.39, 0.29) is 0 Å². The van der Waals surface area contributed by atoms with Crippen LogP contribution in [0.2, 0.25) is 0 Å². The third kappa shape index (κ3) is 5.02. The summed E-state index contributed by atoms with van der Waals surface area (Å²) in [5.74, 6) is -1.06. The van der Waals surface area contributed by atoms with Crippen molar-refractivity contribution in [1.29, 1.82) is 0 Å². The number of phosphoric acid groups is 2. The van der Waals surface area contributed by atoms with E-state index in [4.69, 9.17) is 30.5 Å². The normalized spacial score (nSPS) is 44.3. The summed E-state index contributed by atoms with van der Waals surface area (Å²) < 4.78 is 60.2. The van der Waals surface area contributed by atoms with Gasteiger partial charge in [0, 0.05) is 12.3 Å². The van der Waals surface area contributed by atoms with Crippen molar-refractivity contribution < 1.29 is 50.6 Å². The van der Waals surface area contributed by atoms with E-state index in [2.05, 4.69) is 17.9 Å². The minimum absolute atomic E-state index is 0.480. The number of ether oxygens (including phenoxy) is 3. The highest BCUT2D eigenvalue weighted by Gasteiger charge is 2.57. The minimum Gasteiger partial charge on any atom is -0.346 e. The lowest BCUT2D eigenvalue weighted by Gasteiger charge is -2.31. The zero-order valence-electron chi connectivity index (χ0n) is 15.8. The molecule has 3 aliphatic rings. The molecule has 2 unspecified atom stereocenters. The third-order valence-corrected chi connectivity index (χ3v) is 11.1. The summed E-state index contributed by atoms with van der Waals surface area (Å²) in [6.07, 6.45) is -2.40. The summed E-state index contributed by atoms with van der Waals surface area (Å²) in [6.45, 7) is -1.41. The van der Waals surface area contributed by atoms with Crippen LogP contribution in [0.25, 0.3) is 0 Å². The molecule has 4 rings (SSSR count). The van der Waals surface area contributed by atoms with Gasteiger partial charge in [0.15, 0.2) is 12.0 Å². The minimum atomic E-state index is -5.00. The second-order valence-corrected chi connectivity index (χ2v) is 13.4. The summed E-state index contributed by atoms with van der Waals surface area (Å²) in [5, 5.41) is 0. The van der Waals surface area contributed by atoms with Crippen molar-refractivity contribution >= 4 is 34.2 Å². The molecule has 0 spiro atoms. The maximum atomic E-state index is 12.2. The quantitative estimate of drug-likeness (QED) is 0.462. The van der Waals surface area contributed by atoms with Gasteiger partial charge in [0.2, 0.25) is 0 Å². The van der Waals surface area contributed by atoms with E-state index in [0.717, 1.165) is 10.6 Å². The maximum absolute atomic E-state index is 12.2. The number of hydrogen-bond acceptors (Lipinski definition) is 12. The molecule has 19 heteroatoms. The van der Waals surface area contributed by atoms with Crippen molar-refractivity contribution in [3.05, 3.63) is 33.1 Å². The fourth-order valence-electron chi connectivity index (χ4n) is 3.28. The van der Waals surface area contributed by atoms with Crippen molar-refractivity contribution in [3.8, 4) is 0 Å². The highest BCUT2D eigenvalue weighted by atomic mass is 32.5. The van der Waals surface area contributed by atoms with Crippen LogP contribution in [-0.2, 0) is 52.6 Å². The first-order valence-corrected chi connectivity index (χ1v) is 14.1. The first-order valence-electron chi connectivity index (χ1n) is 8.54. The Hall–Kier alpha value is -0.570. The third-order valence-electron chi connectivity index (χ3n) is 4.26. The molecule has 0 saturated carbocycles. The fraction of sp³-hybridized carbons (Fsp3) is 0.667. The zero-order valence-corrected chi connectivity index (χ0v) is 19.3. The number of nitrogens with one attached hydrogen (secondary N) is 1. The molecular weight excluding hydrogens is 505 g/mol. The Kier molecular flexibility index (Phi) is 5.89. The van der Waals surface area contributed by atoms with Crippen LogP contribution in [0.15, 0.2) is 21.9 Å². The van der Waals surface area contributed by atoms with Crippen LogP contribution in [0.5, 0.6) is 0 Å². The summed E-state index contributed by atoms with van der Waals surface area (Å²) in [6, 6.07) is 1.12. The van der Waals surface area contributed by atoms with Gasteiger partial charge in [-0.15, -0.1) is 0 Å². The van der Waals surface area contributed by atoms with Crippen LogP contribution in [0, 0.1) is 0 Å². The molecule has 3 N–H and O–H groups in total. The molecule has 4 heterocycles. The van der Waals surface area contributed by atoms with Gasteiger partial charge in [-0.3, -0.25) is 14.3 Å². The van der Waals surface area contributed by atoms with Crippen LogP contribution < -0.4 is 11.2 Å². The van der Waals surface area contributed by atoms with E-state index in [0.29, 0.717) is 0 Å². The summed E-state index contributed by atoms with van der Waals surface area (Å²) in [4.78, 5) is 44.5. The Morgan fingerprint density at radius 1 is 1.16 bits per heavy atom. The lowest BCUT2D eigenvalue weighted by Crippen LogP contribution is -2.37. The van der Waals surface area contributed by atoms with Gasteiger partial charge in [0.1, 0.15) is 18.3 Å². The Morgan fingerprint density at radius 2 is 1.77 bits per heavy atom. The molecule has 15 nitrogen and oxygen atoms in total. The van der Waals surface area contributed by atoms with E-state index in [9.17, 15) is 28.5 Å². The molecular formula is C12H17N2O13P3S. The molecule has 3 saturated heterocycles. The van der Waals surface area contributed by atoms with Gasteiger partial charge in [-0.25, -0.2) is 22.5 Å². The molecule has 174 valence electrons. The molecule has 3 fully saturated rings. The fourth-order valence-corrected chi connectivity index (χ4v) is 9.92. The number of rotatable bonds is 4. The van der Waals surface area contributed by atoms with E-state index in [1.54, 1.807) is 13.8 Å². The first kappa shape index (κ1) is 23.6. The van der Waals surface area contributed by atoms with Gasteiger partial charge >= 0.3 is 28.1 Å². The molecule has 3 aliphatic heterocycles. The number of aromatic nitrogens is 2. The van der Waals surface area contributed by atoms with Gasteiger partial charge in [-0.05, 0) is 25.7 Å². The molecule has 31 heavy (non-hydrogen) atoms. The topological polar surface area (TPSA) is 194 Å². The highest BCUT2D eigenvalue weighted by molar-refractivity contribution is 8.11. The number of H-pyrrole nitrogens is 1. The molecule has 1 aromatic heterocycles. The second kappa shape index (κ2) is 7.74. The lowest BCUT2D eigenvalue weighted by atomic mass is 10.1. The number of hydrogen-bond donors (Lipinski definition) is 3. The van der Waals surface area contributed by atoms with Crippen molar-refractivity contribution in [2.45, 2.75) is 44.2 Å². The van der Waals surface area contributed by atoms with Gasteiger partial charge in [-0.2, -0.15) is 4.31 Å². The summed E-state index contributed by atoms with van der Waals surface area (Å²) >= 11 is 4.89. The largest absolute Gasteiger partial charge is 0.488 e. The van der Waals surface area contributed by atoms with Crippen LogP contribution >= 0.6 is 22.4 Å². The van der Waals surface area contributed by atoms with Crippen molar-refractivity contribution in [2.24, 2.45) is 0 Å². The van der Waals surface area contributed by atoms with E-state index < -0.39 is 70.5 Å². The molecule has 0 radical (unpaired) electrons. The van der Waals surface area contributed by atoms with Gasteiger partial charge in [0.25, 0.3) is 5.56 Å². The average molecular weight is 522 g/mol. The van der Waals surface area contributed by atoms with Crippen LogP contribution in [0.3, 0.4) is 0 Å².